The average molecular weight is 460 g/mol. The smallest absolute Gasteiger partial charge is 0.246 e. The fraction of sp³-hybridized carbons (Fsp3) is 0.423. The molecule has 4 heterocycles. The minimum Gasteiger partial charge on any atom is -0.338 e. The normalized spacial score (nSPS) is 16.3. The zero-order valence-corrected chi connectivity index (χ0v) is 20.9. The number of rotatable bonds is 5. The number of aromatic nitrogens is 5. The van der Waals surface area contributed by atoms with Gasteiger partial charge in [-0.25, -0.2) is 9.97 Å². The van der Waals surface area contributed by atoms with Gasteiger partial charge in [-0.3, -0.25) is 14.5 Å². The van der Waals surface area contributed by atoms with Crippen molar-refractivity contribution in [2.24, 2.45) is 7.05 Å². The third kappa shape index (κ3) is 5.32. The fourth-order valence-corrected chi connectivity index (χ4v) is 4.60. The molecule has 1 amide bonds. The molecule has 8 heteroatoms. The Morgan fingerprint density at radius 2 is 1.74 bits per heavy atom. The molecule has 178 valence electrons. The van der Waals surface area contributed by atoms with E-state index in [-0.39, 0.29) is 11.8 Å². The standard InChI is InChI=1S/C26H33N7O/c1-16-12-17(2)29-26(28-16)30-22-13-18(3)27-24(14-22)21-8-7-11-33(15-21)25(34)10-9-23-19(4)31-32(6)20(23)5/h9-10,12-14,21H,7-8,11,15H2,1-6H3,(H,27,28,29,30)/b10-9+/t21-/m0/s1. The number of likely N-dealkylation sites (tertiary alicyclic amines) is 1. The monoisotopic (exact) mass is 459 g/mol. The van der Waals surface area contributed by atoms with Crippen LogP contribution >= 0.6 is 0 Å². The van der Waals surface area contributed by atoms with Crippen LogP contribution in [0.2, 0.25) is 0 Å². The first-order valence-electron chi connectivity index (χ1n) is 11.7. The maximum Gasteiger partial charge on any atom is 0.246 e. The Kier molecular flexibility index (Phi) is 6.77. The predicted octanol–water partition coefficient (Wildman–Crippen LogP) is 4.31. The van der Waals surface area contributed by atoms with E-state index >= 15 is 0 Å². The molecule has 3 aromatic rings. The van der Waals surface area contributed by atoms with Gasteiger partial charge in [0.2, 0.25) is 11.9 Å². The highest BCUT2D eigenvalue weighted by atomic mass is 16.2. The van der Waals surface area contributed by atoms with E-state index in [1.54, 1.807) is 6.08 Å². The van der Waals surface area contributed by atoms with Gasteiger partial charge < -0.3 is 10.2 Å². The van der Waals surface area contributed by atoms with Crippen molar-refractivity contribution in [1.29, 1.82) is 0 Å². The largest absolute Gasteiger partial charge is 0.338 e. The average Bonchev–Trinajstić information content (AvgIpc) is 3.02. The summed E-state index contributed by atoms with van der Waals surface area (Å²) in [7, 11) is 1.92. The number of carbonyl (C=O) groups is 1. The van der Waals surface area contributed by atoms with Gasteiger partial charge in [0.05, 0.1) is 5.69 Å². The van der Waals surface area contributed by atoms with E-state index in [9.17, 15) is 4.79 Å². The Bertz CT molecular complexity index is 1220. The van der Waals surface area contributed by atoms with E-state index in [1.807, 2.05) is 69.5 Å². The number of hydrogen-bond acceptors (Lipinski definition) is 6. The van der Waals surface area contributed by atoms with Crippen LogP contribution in [0.15, 0.2) is 24.3 Å². The number of hydrogen-bond donors (Lipinski definition) is 1. The highest BCUT2D eigenvalue weighted by molar-refractivity contribution is 5.92. The lowest BCUT2D eigenvalue weighted by Gasteiger charge is -2.32. The number of amides is 1. The van der Waals surface area contributed by atoms with Crippen molar-refractivity contribution in [3.63, 3.8) is 0 Å². The number of piperidine rings is 1. The number of nitrogens with zero attached hydrogens (tertiary/aromatic N) is 6. The van der Waals surface area contributed by atoms with Crippen LogP contribution in [0.3, 0.4) is 0 Å². The SMILES string of the molecule is Cc1cc(Nc2nc(C)cc(C)n2)cc([C@H]2CCCN(C(=O)/C=C/c3c(C)nn(C)c3C)C2)n1. The Morgan fingerprint density at radius 1 is 1.03 bits per heavy atom. The molecule has 3 aromatic heterocycles. The molecule has 1 N–H and O–H groups in total. The summed E-state index contributed by atoms with van der Waals surface area (Å²) in [6, 6.07) is 6.01. The first-order chi connectivity index (χ1) is 16.2. The molecule has 8 nitrogen and oxygen atoms in total. The van der Waals surface area contributed by atoms with Crippen LogP contribution in [0.25, 0.3) is 6.08 Å². The Labute approximate surface area is 201 Å². The molecule has 0 aromatic carbocycles. The van der Waals surface area contributed by atoms with Crippen LogP contribution in [-0.2, 0) is 11.8 Å². The minimum absolute atomic E-state index is 0.0296. The number of aryl methyl sites for hydroxylation is 5. The zero-order valence-electron chi connectivity index (χ0n) is 20.9. The molecule has 0 radical (unpaired) electrons. The maximum atomic E-state index is 13.0. The highest BCUT2D eigenvalue weighted by Crippen LogP contribution is 2.29. The van der Waals surface area contributed by atoms with Gasteiger partial charge in [0.25, 0.3) is 0 Å². The number of pyridine rings is 1. The first-order valence-corrected chi connectivity index (χ1v) is 11.7. The van der Waals surface area contributed by atoms with Crippen LogP contribution < -0.4 is 5.32 Å². The molecule has 1 aliphatic rings. The summed E-state index contributed by atoms with van der Waals surface area (Å²) >= 11 is 0. The van der Waals surface area contributed by atoms with Crippen molar-refractivity contribution in [2.45, 2.75) is 53.4 Å². The number of anilines is 2. The second-order valence-corrected chi connectivity index (χ2v) is 9.19. The molecule has 0 bridgehead atoms. The van der Waals surface area contributed by atoms with E-state index in [2.05, 4.69) is 26.4 Å². The Morgan fingerprint density at radius 3 is 2.41 bits per heavy atom. The van der Waals surface area contributed by atoms with Gasteiger partial charge in [0.15, 0.2) is 0 Å². The first kappa shape index (κ1) is 23.6. The fourth-order valence-electron chi connectivity index (χ4n) is 4.60. The third-order valence-electron chi connectivity index (χ3n) is 6.32. The Balaban J connectivity index is 1.49. The quantitative estimate of drug-likeness (QED) is 0.572. The van der Waals surface area contributed by atoms with Gasteiger partial charge in [0, 0.05) is 71.9 Å². The molecular weight excluding hydrogens is 426 g/mol. The van der Waals surface area contributed by atoms with E-state index < -0.39 is 0 Å². The molecule has 1 saturated heterocycles. The molecule has 34 heavy (non-hydrogen) atoms. The van der Waals surface area contributed by atoms with Crippen LogP contribution in [0.4, 0.5) is 11.6 Å². The van der Waals surface area contributed by atoms with E-state index in [4.69, 9.17) is 4.98 Å². The van der Waals surface area contributed by atoms with E-state index in [0.717, 1.165) is 64.8 Å². The van der Waals surface area contributed by atoms with Crippen molar-refractivity contribution in [1.82, 2.24) is 29.6 Å². The van der Waals surface area contributed by atoms with Gasteiger partial charge in [-0.1, -0.05) is 0 Å². The summed E-state index contributed by atoms with van der Waals surface area (Å²) in [4.78, 5) is 28.7. The molecule has 1 fully saturated rings. The summed E-state index contributed by atoms with van der Waals surface area (Å²) in [6.45, 7) is 11.3. The van der Waals surface area contributed by atoms with Crippen molar-refractivity contribution >= 4 is 23.6 Å². The number of carbonyl (C=O) groups excluding carboxylic acids is 1. The van der Waals surface area contributed by atoms with Gasteiger partial charge >= 0.3 is 0 Å². The van der Waals surface area contributed by atoms with Crippen LogP contribution in [-0.4, -0.2) is 48.6 Å². The van der Waals surface area contributed by atoms with Gasteiger partial charge in [-0.05, 0) is 71.7 Å². The van der Waals surface area contributed by atoms with Crippen LogP contribution in [0.1, 0.15) is 58.5 Å². The van der Waals surface area contributed by atoms with Crippen LogP contribution in [0.5, 0.6) is 0 Å². The maximum absolute atomic E-state index is 13.0. The van der Waals surface area contributed by atoms with Gasteiger partial charge in [-0.15, -0.1) is 0 Å². The second-order valence-electron chi connectivity index (χ2n) is 9.19. The van der Waals surface area contributed by atoms with Crippen molar-refractivity contribution in [3.05, 3.63) is 64.0 Å². The topological polar surface area (TPSA) is 88.8 Å². The van der Waals surface area contributed by atoms with Crippen molar-refractivity contribution < 1.29 is 4.79 Å². The van der Waals surface area contributed by atoms with Gasteiger partial charge in [0.1, 0.15) is 0 Å². The highest BCUT2D eigenvalue weighted by Gasteiger charge is 2.25. The summed E-state index contributed by atoms with van der Waals surface area (Å²) in [6.07, 6.45) is 5.52. The molecule has 1 aliphatic heterocycles. The molecular formula is C26H33N7O. The summed E-state index contributed by atoms with van der Waals surface area (Å²) in [5.41, 5.74) is 7.67. The lowest BCUT2D eigenvalue weighted by Crippen LogP contribution is -2.38. The van der Waals surface area contributed by atoms with Gasteiger partial charge in [-0.2, -0.15) is 5.10 Å². The lowest BCUT2D eigenvalue weighted by atomic mass is 9.93. The molecule has 4 rings (SSSR count). The molecule has 0 spiro atoms. The zero-order chi connectivity index (χ0) is 24.4. The van der Waals surface area contributed by atoms with Crippen molar-refractivity contribution in [3.8, 4) is 0 Å². The third-order valence-corrected chi connectivity index (χ3v) is 6.32. The molecule has 1 atom stereocenters. The molecule has 0 saturated carbocycles. The number of nitrogens with one attached hydrogen (secondary N) is 1. The summed E-state index contributed by atoms with van der Waals surface area (Å²) in [5, 5.41) is 7.76. The van der Waals surface area contributed by atoms with Crippen LogP contribution in [0, 0.1) is 34.6 Å². The van der Waals surface area contributed by atoms with Crippen molar-refractivity contribution in [2.75, 3.05) is 18.4 Å². The molecule has 0 unspecified atom stereocenters. The summed E-state index contributed by atoms with van der Waals surface area (Å²) < 4.78 is 1.84. The summed E-state index contributed by atoms with van der Waals surface area (Å²) in [5.74, 6) is 0.802. The minimum atomic E-state index is 0.0296. The molecule has 0 aliphatic carbocycles. The lowest BCUT2D eigenvalue weighted by molar-refractivity contribution is -0.127. The van der Waals surface area contributed by atoms with E-state index in [1.165, 1.54) is 0 Å². The second kappa shape index (κ2) is 9.75. The predicted molar refractivity (Wildman–Crippen MR) is 134 cm³/mol. The Hall–Kier alpha value is -3.55. The van der Waals surface area contributed by atoms with E-state index in [0.29, 0.717) is 12.5 Å².